The lowest BCUT2D eigenvalue weighted by atomic mass is 9.71. The van der Waals surface area contributed by atoms with Gasteiger partial charge in [0.1, 0.15) is 0 Å². The summed E-state index contributed by atoms with van der Waals surface area (Å²) >= 11 is 0. The summed E-state index contributed by atoms with van der Waals surface area (Å²) in [6.45, 7) is 1.80. The summed E-state index contributed by atoms with van der Waals surface area (Å²) in [7, 11) is 0. The molecule has 1 saturated heterocycles. The molecule has 0 atom stereocenters. The summed E-state index contributed by atoms with van der Waals surface area (Å²) in [5, 5.41) is 0.617. The van der Waals surface area contributed by atoms with Crippen molar-refractivity contribution in [3.8, 4) is 0 Å². The molecule has 0 aromatic heterocycles. The average molecular weight is 211 g/mol. The number of carbonyl (C=O) groups excluding carboxylic acids is 3. The van der Waals surface area contributed by atoms with Gasteiger partial charge in [0.15, 0.2) is 0 Å². The quantitative estimate of drug-likeness (QED) is 0.633. The first kappa shape index (κ1) is 10.1. The van der Waals surface area contributed by atoms with Crippen molar-refractivity contribution in [3.05, 3.63) is 0 Å². The average Bonchev–Trinajstić information content (AvgIpc) is 2.45. The Hall–Kier alpha value is -1.39. The van der Waals surface area contributed by atoms with Crippen LogP contribution < -0.4 is 0 Å². The van der Waals surface area contributed by atoms with Gasteiger partial charge in [0.05, 0.1) is 5.41 Å². The van der Waals surface area contributed by atoms with Crippen molar-refractivity contribution >= 4 is 17.8 Å². The van der Waals surface area contributed by atoms with Crippen molar-refractivity contribution < 1.29 is 19.2 Å². The lowest BCUT2D eigenvalue weighted by Gasteiger charge is -2.35. The number of carbonyl (C=O) groups is 3. The highest BCUT2D eigenvalue weighted by Gasteiger charge is 2.44. The maximum atomic E-state index is 11.6. The predicted molar refractivity (Wildman–Crippen MR) is 49.1 cm³/mol. The molecule has 1 aliphatic heterocycles. The zero-order valence-corrected chi connectivity index (χ0v) is 8.62. The zero-order valence-electron chi connectivity index (χ0n) is 8.62. The Bertz CT molecular complexity index is 316. The number of nitrogens with zero attached hydrogens (tertiary/aromatic N) is 1. The second-order valence-electron chi connectivity index (χ2n) is 4.37. The van der Waals surface area contributed by atoms with Gasteiger partial charge >= 0.3 is 5.97 Å². The van der Waals surface area contributed by atoms with Gasteiger partial charge in [-0.05, 0) is 19.8 Å². The van der Waals surface area contributed by atoms with Gasteiger partial charge in [0.25, 0.3) is 11.8 Å². The van der Waals surface area contributed by atoms with E-state index in [1.165, 1.54) is 0 Å². The van der Waals surface area contributed by atoms with Crippen molar-refractivity contribution in [1.29, 1.82) is 0 Å². The Morgan fingerprint density at radius 2 is 1.80 bits per heavy atom. The predicted octanol–water partition coefficient (Wildman–Crippen LogP) is 0.784. The summed E-state index contributed by atoms with van der Waals surface area (Å²) in [6, 6.07) is 0. The molecular weight excluding hydrogens is 198 g/mol. The van der Waals surface area contributed by atoms with Gasteiger partial charge in [-0.25, -0.2) is 4.79 Å². The Kier molecular flexibility index (Phi) is 2.25. The highest BCUT2D eigenvalue weighted by molar-refractivity contribution is 6.01. The second kappa shape index (κ2) is 3.32. The van der Waals surface area contributed by atoms with Crippen LogP contribution in [-0.2, 0) is 19.2 Å². The normalized spacial score (nSPS) is 23.9. The molecule has 0 bridgehead atoms. The highest BCUT2D eigenvalue weighted by atomic mass is 16.7. The largest absolute Gasteiger partial charge is 0.338 e. The van der Waals surface area contributed by atoms with E-state index in [1.54, 1.807) is 6.92 Å². The molecule has 0 aromatic rings. The summed E-state index contributed by atoms with van der Waals surface area (Å²) < 4.78 is 0. The lowest BCUT2D eigenvalue weighted by Crippen LogP contribution is -2.42. The van der Waals surface area contributed by atoms with Crippen molar-refractivity contribution in [1.82, 2.24) is 5.06 Å². The number of hydrogen-bond acceptors (Lipinski definition) is 4. The summed E-state index contributed by atoms with van der Waals surface area (Å²) in [6.07, 6.45) is 2.81. The van der Waals surface area contributed by atoms with Crippen LogP contribution in [0.4, 0.5) is 0 Å². The van der Waals surface area contributed by atoms with Crippen LogP contribution in [0, 0.1) is 5.41 Å². The van der Waals surface area contributed by atoms with Crippen molar-refractivity contribution in [3.63, 3.8) is 0 Å². The molecule has 2 rings (SSSR count). The molecule has 1 saturated carbocycles. The van der Waals surface area contributed by atoms with E-state index in [0.717, 1.165) is 19.3 Å². The monoisotopic (exact) mass is 211 g/mol. The van der Waals surface area contributed by atoms with Crippen LogP contribution in [0.15, 0.2) is 0 Å². The number of imide groups is 1. The molecule has 5 nitrogen and oxygen atoms in total. The molecule has 1 heterocycles. The first-order valence-electron chi connectivity index (χ1n) is 5.11. The third-order valence-corrected chi connectivity index (χ3v) is 3.13. The van der Waals surface area contributed by atoms with Crippen molar-refractivity contribution in [2.24, 2.45) is 5.41 Å². The van der Waals surface area contributed by atoms with E-state index in [0.29, 0.717) is 5.06 Å². The minimum absolute atomic E-state index is 0.142. The molecule has 0 spiro atoms. The molecule has 5 heteroatoms. The Morgan fingerprint density at radius 3 is 2.20 bits per heavy atom. The van der Waals surface area contributed by atoms with E-state index in [4.69, 9.17) is 4.84 Å². The fourth-order valence-electron chi connectivity index (χ4n) is 1.76. The molecule has 2 amide bonds. The maximum absolute atomic E-state index is 11.6. The number of hydrogen-bond donors (Lipinski definition) is 0. The van der Waals surface area contributed by atoms with Crippen molar-refractivity contribution in [2.45, 2.75) is 39.0 Å². The van der Waals surface area contributed by atoms with Crippen LogP contribution in [0.5, 0.6) is 0 Å². The number of rotatable bonds is 2. The van der Waals surface area contributed by atoms with Gasteiger partial charge in [0, 0.05) is 12.8 Å². The molecule has 0 radical (unpaired) electrons. The Labute approximate surface area is 87.3 Å². The fraction of sp³-hybridized carbons (Fsp3) is 0.700. The summed E-state index contributed by atoms with van der Waals surface area (Å²) in [5.74, 6) is -1.30. The third kappa shape index (κ3) is 1.62. The lowest BCUT2D eigenvalue weighted by molar-refractivity contribution is -0.208. The zero-order chi connectivity index (χ0) is 11.1. The van der Waals surface area contributed by atoms with E-state index >= 15 is 0 Å². The van der Waals surface area contributed by atoms with Gasteiger partial charge in [-0.15, -0.1) is 5.06 Å². The van der Waals surface area contributed by atoms with Crippen LogP contribution in [0.2, 0.25) is 0 Å². The summed E-state index contributed by atoms with van der Waals surface area (Å²) in [4.78, 5) is 38.8. The SMILES string of the molecule is CC1(C(=O)ON2C(=O)CCC2=O)CCC1. The first-order valence-corrected chi connectivity index (χ1v) is 5.11. The molecule has 1 aliphatic carbocycles. The first-order chi connectivity index (χ1) is 7.03. The topological polar surface area (TPSA) is 63.7 Å². The van der Waals surface area contributed by atoms with Crippen LogP contribution in [0.3, 0.4) is 0 Å². The van der Waals surface area contributed by atoms with Gasteiger partial charge in [-0.3, -0.25) is 9.59 Å². The van der Waals surface area contributed by atoms with Gasteiger partial charge in [0.2, 0.25) is 0 Å². The van der Waals surface area contributed by atoms with E-state index < -0.39 is 23.2 Å². The molecule has 82 valence electrons. The molecule has 0 unspecified atom stereocenters. The molecular formula is C10H13NO4. The van der Waals surface area contributed by atoms with E-state index in [-0.39, 0.29) is 12.8 Å². The minimum atomic E-state index is -0.497. The highest BCUT2D eigenvalue weighted by Crippen LogP contribution is 2.41. The number of hydroxylamine groups is 2. The Balaban J connectivity index is 1.99. The molecule has 0 N–H and O–H groups in total. The Morgan fingerprint density at radius 1 is 1.27 bits per heavy atom. The van der Waals surface area contributed by atoms with Gasteiger partial charge < -0.3 is 4.84 Å². The standard InChI is InChI=1S/C10H13NO4/c1-10(5-2-6-10)9(14)15-11-7(12)3-4-8(11)13/h2-6H2,1H3. The molecule has 15 heavy (non-hydrogen) atoms. The molecule has 0 aromatic carbocycles. The smallest absolute Gasteiger partial charge is 0.330 e. The van der Waals surface area contributed by atoms with E-state index in [1.807, 2.05) is 0 Å². The van der Waals surface area contributed by atoms with E-state index in [9.17, 15) is 14.4 Å². The van der Waals surface area contributed by atoms with Gasteiger partial charge in [-0.1, -0.05) is 6.42 Å². The maximum Gasteiger partial charge on any atom is 0.338 e. The van der Waals surface area contributed by atoms with Crippen molar-refractivity contribution in [2.75, 3.05) is 0 Å². The molecule has 2 fully saturated rings. The minimum Gasteiger partial charge on any atom is -0.330 e. The van der Waals surface area contributed by atoms with Crippen LogP contribution in [0.1, 0.15) is 39.0 Å². The van der Waals surface area contributed by atoms with Crippen LogP contribution in [0.25, 0.3) is 0 Å². The van der Waals surface area contributed by atoms with Gasteiger partial charge in [-0.2, -0.15) is 0 Å². The molecule has 2 aliphatic rings. The number of amides is 2. The van der Waals surface area contributed by atoms with E-state index in [2.05, 4.69) is 0 Å². The van der Waals surface area contributed by atoms with Crippen LogP contribution >= 0.6 is 0 Å². The summed E-state index contributed by atoms with van der Waals surface area (Å²) in [5.41, 5.74) is -0.497. The second-order valence-corrected chi connectivity index (χ2v) is 4.37. The third-order valence-electron chi connectivity index (χ3n) is 3.13. The van der Waals surface area contributed by atoms with Crippen LogP contribution in [-0.4, -0.2) is 22.8 Å². The fourth-order valence-corrected chi connectivity index (χ4v) is 1.76.